The van der Waals surface area contributed by atoms with Gasteiger partial charge in [0.15, 0.2) is 5.01 Å². The number of aromatic nitrogens is 4. The number of carbonyl (C=O) groups is 2. The van der Waals surface area contributed by atoms with Crippen molar-refractivity contribution < 1.29 is 9.59 Å². The summed E-state index contributed by atoms with van der Waals surface area (Å²) in [4.78, 5) is 44.0. The topological polar surface area (TPSA) is 87.5 Å². The highest BCUT2D eigenvalue weighted by Crippen LogP contribution is 2.24. The van der Waals surface area contributed by atoms with Crippen LogP contribution in [-0.2, 0) is 0 Å². The van der Waals surface area contributed by atoms with Crippen LogP contribution < -0.4 is 0 Å². The largest absolute Gasteiger partial charge is 0.335 e. The van der Waals surface area contributed by atoms with E-state index in [1.165, 1.54) is 17.7 Å². The predicted octanol–water partition coefficient (Wildman–Crippen LogP) is 2.16. The minimum atomic E-state index is 0.0177. The lowest BCUT2D eigenvalue weighted by atomic mass is 10.0. The molecule has 6 rings (SSSR count). The van der Waals surface area contributed by atoms with Crippen LogP contribution in [-0.4, -0.2) is 91.3 Å². The highest BCUT2D eigenvalue weighted by Gasteiger charge is 2.37. The second-order valence-electron chi connectivity index (χ2n) is 8.59. The first-order chi connectivity index (χ1) is 16.7. The first-order valence-electron chi connectivity index (χ1n) is 11.3. The fraction of sp³-hybridized carbons (Fsp3) is 0.292. The molecule has 0 unspecified atom stereocenters. The Balaban J connectivity index is 1.06. The van der Waals surface area contributed by atoms with Crippen molar-refractivity contribution in [1.29, 1.82) is 0 Å². The molecule has 5 heterocycles. The summed E-state index contributed by atoms with van der Waals surface area (Å²) >= 11 is 1.38. The van der Waals surface area contributed by atoms with Crippen LogP contribution in [0.4, 0.5) is 0 Å². The summed E-state index contributed by atoms with van der Waals surface area (Å²) in [7, 11) is 0. The van der Waals surface area contributed by atoms with Gasteiger partial charge in [0, 0.05) is 74.0 Å². The molecule has 34 heavy (non-hydrogen) atoms. The van der Waals surface area contributed by atoms with Gasteiger partial charge in [-0.15, -0.1) is 11.3 Å². The Bertz CT molecular complexity index is 1320. The van der Waals surface area contributed by atoms with Crippen LogP contribution in [0.3, 0.4) is 0 Å². The maximum Gasteiger partial charge on any atom is 0.282 e. The number of fused-ring (bicyclic) bond motifs is 1. The van der Waals surface area contributed by atoms with Gasteiger partial charge in [-0.1, -0.05) is 0 Å². The number of thiazole rings is 1. The third kappa shape index (κ3) is 3.74. The summed E-state index contributed by atoms with van der Waals surface area (Å²) < 4.78 is 2.02. The number of hydrogen-bond donors (Lipinski definition) is 0. The first kappa shape index (κ1) is 20.9. The third-order valence-corrected chi connectivity index (χ3v) is 7.41. The summed E-state index contributed by atoms with van der Waals surface area (Å²) in [6, 6.07) is 8.18. The van der Waals surface area contributed by atoms with Crippen molar-refractivity contribution in [3.8, 4) is 5.69 Å². The number of carbonyl (C=O) groups excluding carboxylic acids is 2. The number of likely N-dealkylation sites (tertiary alicyclic amines) is 1. The lowest BCUT2D eigenvalue weighted by Gasteiger charge is -2.48. The summed E-state index contributed by atoms with van der Waals surface area (Å²) in [6.07, 6.45) is 8.67. The number of piperazine rings is 1. The van der Waals surface area contributed by atoms with Crippen LogP contribution in [0.15, 0.2) is 60.8 Å². The van der Waals surface area contributed by atoms with E-state index < -0.39 is 0 Å². The van der Waals surface area contributed by atoms with E-state index in [0.29, 0.717) is 29.7 Å². The molecule has 4 aromatic rings. The summed E-state index contributed by atoms with van der Waals surface area (Å²) in [5, 5.41) is 3.39. The molecule has 0 radical (unpaired) electrons. The van der Waals surface area contributed by atoms with Crippen LogP contribution in [0.25, 0.3) is 16.6 Å². The molecule has 0 aliphatic carbocycles. The zero-order valence-corrected chi connectivity index (χ0v) is 19.3. The second-order valence-corrected chi connectivity index (χ2v) is 9.48. The maximum atomic E-state index is 13.1. The number of amides is 2. The van der Waals surface area contributed by atoms with Crippen LogP contribution in [0.1, 0.15) is 20.2 Å². The quantitative estimate of drug-likeness (QED) is 0.452. The number of benzene rings is 1. The molecule has 3 aromatic heterocycles. The fourth-order valence-corrected chi connectivity index (χ4v) is 5.31. The smallest absolute Gasteiger partial charge is 0.282 e. The van der Waals surface area contributed by atoms with Crippen LogP contribution in [0, 0.1) is 0 Å². The molecule has 2 aliphatic rings. The standard InChI is InChI=1S/C24H23N7O2S/c32-23(18-1-2-21-17(11-18)3-5-31(21)19-12-25-16-26-13-19)30-14-20(15-30)28-6-8-29(9-7-28)24(33)22-27-4-10-34-22/h1-5,10-13,16,20H,6-9,14-15H2. The Morgan fingerprint density at radius 1 is 0.941 bits per heavy atom. The van der Waals surface area contributed by atoms with E-state index in [9.17, 15) is 9.59 Å². The van der Waals surface area contributed by atoms with Crippen LogP contribution in [0.5, 0.6) is 0 Å². The van der Waals surface area contributed by atoms with Gasteiger partial charge in [-0.3, -0.25) is 14.5 Å². The van der Waals surface area contributed by atoms with Gasteiger partial charge in [-0.05, 0) is 24.3 Å². The minimum Gasteiger partial charge on any atom is -0.335 e. The molecule has 2 fully saturated rings. The van der Waals surface area contributed by atoms with Crippen molar-refractivity contribution in [2.75, 3.05) is 39.3 Å². The van der Waals surface area contributed by atoms with Crippen molar-refractivity contribution in [3.05, 3.63) is 71.3 Å². The zero-order valence-electron chi connectivity index (χ0n) is 18.4. The van der Waals surface area contributed by atoms with E-state index in [0.717, 1.165) is 42.8 Å². The van der Waals surface area contributed by atoms with E-state index in [1.807, 2.05) is 50.2 Å². The van der Waals surface area contributed by atoms with Gasteiger partial charge in [0.2, 0.25) is 0 Å². The van der Waals surface area contributed by atoms with E-state index >= 15 is 0 Å². The average Bonchev–Trinajstić information content (AvgIpc) is 3.54. The van der Waals surface area contributed by atoms with E-state index in [1.54, 1.807) is 18.6 Å². The van der Waals surface area contributed by atoms with Crippen LogP contribution in [0.2, 0.25) is 0 Å². The highest BCUT2D eigenvalue weighted by atomic mass is 32.1. The Hall–Kier alpha value is -3.63. The predicted molar refractivity (Wildman–Crippen MR) is 128 cm³/mol. The van der Waals surface area contributed by atoms with Crippen molar-refractivity contribution in [3.63, 3.8) is 0 Å². The Kier molecular flexibility index (Phi) is 5.31. The molecule has 2 aliphatic heterocycles. The summed E-state index contributed by atoms with van der Waals surface area (Å²) in [5.41, 5.74) is 2.60. The van der Waals surface area contributed by atoms with Crippen molar-refractivity contribution >= 4 is 34.1 Å². The van der Waals surface area contributed by atoms with Crippen molar-refractivity contribution in [1.82, 2.24) is 34.2 Å². The third-order valence-electron chi connectivity index (χ3n) is 6.64. The van der Waals surface area contributed by atoms with E-state index in [-0.39, 0.29) is 11.8 Å². The fourth-order valence-electron chi connectivity index (χ4n) is 4.71. The van der Waals surface area contributed by atoms with Crippen molar-refractivity contribution in [2.45, 2.75) is 6.04 Å². The molecule has 0 bridgehead atoms. The monoisotopic (exact) mass is 473 g/mol. The summed E-state index contributed by atoms with van der Waals surface area (Å²) in [5.74, 6) is 0.0793. The molecule has 9 nitrogen and oxygen atoms in total. The second kappa shape index (κ2) is 8.62. The number of nitrogens with zero attached hydrogens (tertiary/aromatic N) is 7. The molecule has 0 saturated carbocycles. The molecule has 2 saturated heterocycles. The van der Waals surface area contributed by atoms with Crippen molar-refractivity contribution in [2.24, 2.45) is 0 Å². The highest BCUT2D eigenvalue weighted by molar-refractivity contribution is 7.11. The molecule has 172 valence electrons. The Morgan fingerprint density at radius 3 is 2.47 bits per heavy atom. The van der Waals surface area contributed by atoms with Gasteiger partial charge < -0.3 is 14.4 Å². The molecule has 0 atom stereocenters. The first-order valence-corrected chi connectivity index (χ1v) is 12.1. The van der Waals surface area contributed by atoms with E-state index in [2.05, 4.69) is 19.9 Å². The zero-order chi connectivity index (χ0) is 23.1. The van der Waals surface area contributed by atoms with Gasteiger partial charge in [0.1, 0.15) is 6.33 Å². The van der Waals surface area contributed by atoms with Gasteiger partial charge >= 0.3 is 0 Å². The lowest BCUT2D eigenvalue weighted by Crippen LogP contribution is -2.64. The lowest BCUT2D eigenvalue weighted by molar-refractivity contribution is 0.00854. The SMILES string of the molecule is O=C(c1ccc2c(ccn2-c2cncnc2)c1)N1CC(N2CCN(C(=O)c3nccs3)CC2)C1. The average molecular weight is 474 g/mol. The van der Waals surface area contributed by atoms with E-state index in [4.69, 9.17) is 0 Å². The number of hydrogen-bond acceptors (Lipinski definition) is 7. The van der Waals surface area contributed by atoms with Crippen LogP contribution >= 0.6 is 11.3 Å². The molecular formula is C24H23N7O2S. The van der Waals surface area contributed by atoms with Gasteiger partial charge in [0.05, 0.1) is 23.6 Å². The minimum absolute atomic E-state index is 0.0177. The number of rotatable bonds is 4. The molecule has 10 heteroatoms. The van der Waals surface area contributed by atoms with Gasteiger partial charge in [-0.25, -0.2) is 15.0 Å². The Morgan fingerprint density at radius 2 is 1.74 bits per heavy atom. The molecule has 0 spiro atoms. The van der Waals surface area contributed by atoms with Gasteiger partial charge in [0.25, 0.3) is 11.8 Å². The molecule has 0 N–H and O–H groups in total. The molecular weight excluding hydrogens is 450 g/mol. The van der Waals surface area contributed by atoms with Gasteiger partial charge in [-0.2, -0.15) is 0 Å². The maximum absolute atomic E-state index is 13.1. The normalized spacial score (nSPS) is 17.2. The summed E-state index contributed by atoms with van der Waals surface area (Å²) in [6.45, 7) is 4.49. The Labute approximate surface area is 200 Å². The molecule has 1 aromatic carbocycles. The molecule has 2 amide bonds.